The average Bonchev–Trinajstić information content (AvgIpc) is 3.23. The summed E-state index contributed by atoms with van der Waals surface area (Å²) in [5.41, 5.74) is 2.53. The number of hydrogen-bond donors (Lipinski definition) is 1. The first-order valence-corrected chi connectivity index (χ1v) is 10.7. The standard InChI is InChI=1S/C20H19ClN2OS2/c1-12-2-7-17-14(8-12)10-18(26-17)19(24)23-20-22-11-16(25-20)9-13-3-5-15(21)6-4-13/h3-6,10-12H,2,7-9H2,1H3,(H,22,23,24). The number of benzene rings is 1. The smallest absolute Gasteiger partial charge is 0.267 e. The van der Waals surface area contributed by atoms with Gasteiger partial charge in [-0.2, -0.15) is 0 Å². The first-order valence-electron chi connectivity index (χ1n) is 8.69. The van der Waals surface area contributed by atoms with Crippen molar-refractivity contribution >= 4 is 45.3 Å². The van der Waals surface area contributed by atoms with Crippen LogP contribution in [0, 0.1) is 5.92 Å². The number of carbonyl (C=O) groups excluding carboxylic acids is 1. The highest BCUT2D eigenvalue weighted by molar-refractivity contribution is 7.16. The molecular weight excluding hydrogens is 384 g/mol. The van der Waals surface area contributed by atoms with Gasteiger partial charge in [0.2, 0.25) is 0 Å². The normalized spacial score (nSPS) is 16.3. The van der Waals surface area contributed by atoms with Gasteiger partial charge in [-0.3, -0.25) is 10.1 Å². The summed E-state index contributed by atoms with van der Waals surface area (Å²) in [6, 6.07) is 9.86. The summed E-state index contributed by atoms with van der Waals surface area (Å²) < 4.78 is 0. The van der Waals surface area contributed by atoms with E-state index in [1.807, 2.05) is 30.5 Å². The second-order valence-electron chi connectivity index (χ2n) is 6.80. The van der Waals surface area contributed by atoms with E-state index in [9.17, 15) is 4.79 Å². The maximum Gasteiger partial charge on any atom is 0.267 e. The Kier molecular flexibility index (Phi) is 5.11. The molecule has 1 N–H and O–H groups in total. The fraction of sp³-hybridized carbons (Fsp3) is 0.300. The largest absolute Gasteiger partial charge is 0.297 e. The van der Waals surface area contributed by atoms with Crippen molar-refractivity contribution in [1.82, 2.24) is 4.98 Å². The van der Waals surface area contributed by atoms with Gasteiger partial charge < -0.3 is 0 Å². The van der Waals surface area contributed by atoms with Crippen molar-refractivity contribution in [2.45, 2.75) is 32.6 Å². The van der Waals surface area contributed by atoms with Crippen molar-refractivity contribution in [2.24, 2.45) is 5.92 Å². The van der Waals surface area contributed by atoms with Crippen molar-refractivity contribution in [3.05, 3.63) is 67.3 Å². The van der Waals surface area contributed by atoms with Gasteiger partial charge in [-0.05, 0) is 54.5 Å². The average molecular weight is 403 g/mol. The summed E-state index contributed by atoms with van der Waals surface area (Å²) in [5, 5.41) is 4.34. The molecule has 3 aromatic rings. The van der Waals surface area contributed by atoms with Crippen LogP contribution in [0.5, 0.6) is 0 Å². The fourth-order valence-electron chi connectivity index (χ4n) is 3.23. The Bertz CT molecular complexity index is 930. The quantitative estimate of drug-likeness (QED) is 0.596. The van der Waals surface area contributed by atoms with E-state index >= 15 is 0 Å². The van der Waals surface area contributed by atoms with Crippen LogP contribution in [0.25, 0.3) is 0 Å². The van der Waals surface area contributed by atoms with Gasteiger partial charge in [0.1, 0.15) is 0 Å². The number of fused-ring (bicyclic) bond motifs is 1. The van der Waals surface area contributed by atoms with E-state index < -0.39 is 0 Å². The minimum atomic E-state index is -0.0514. The van der Waals surface area contributed by atoms with Crippen molar-refractivity contribution in [1.29, 1.82) is 0 Å². The van der Waals surface area contributed by atoms with Gasteiger partial charge >= 0.3 is 0 Å². The Hall–Kier alpha value is -1.69. The molecule has 3 nitrogen and oxygen atoms in total. The summed E-state index contributed by atoms with van der Waals surface area (Å²) in [6.07, 6.45) is 6.01. The number of thiazole rings is 1. The maximum absolute atomic E-state index is 12.6. The molecule has 0 radical (unpaired) electrons. The zero-order valence-electron chi connectivity index (χ0n) is 14.4. The van der Waals surface area contributed by atoms with Gasteiger partial charge in [-0.25, -0.2) is 4.98 Å². The topological polar surface area (TPSA) is 42.0 Å². The first-order chi connectivity index (χ1) is 12.6. The Morgan fingerprint density at radius 1 is 1.31 bits per heavy atom. The van der Waals surface area contributed by atoms with Crippen molar-refractivity contribution in [3.63, 3.8) is 0 Å². The lowest BCUT2D eigenvalue weighted by Crippen LogP contribution is -2.10. The number of rotatable bonds is 4. The van der Waals surface area contributed by atoms with Crippen molar-refractivity contribution in [3.8, 4) is 0 Å². The van der Waals surface area contributed by atoms with Crippen LogP contribution >= 0.6 is 34.3 Å². The number of nitrogens with one attached hydrogen (secondary N) is 1. The molecular formula is C20H19ClN2OS2. The van der Waals surface area contributed by atoms with E-state index in [1.54, 1.807) is 11.3 Å². The third kappa shape index (κ3) is 4.00. The Morgan fingerprint density at radius 2 is 2.12 bits per heavy atom. The third-order valence-electron chi connectivity index (χ3n) is 4.62. The van der Waals surface area contributed by atoms with E-state index in [2.05, 4.69) is 23.3 Å². The number of halogens is 1. The molecule has 0 saturated carbocycles. The van der Waals surface area contributed by atoms with Gasteiger partial charge in [-0.1, -0.05) is 30.7 Å². The lowest BCUT2D eigenvalue weighted by atomic mass is 9.90. The molecule has 0 saturated heterocycles. The molecule has 0 fully saturated rings. The van der Waals surface area contributed by atoms with Crippen LogP contribution in [0.3, 0.4) is 0 Å². The Morgan fingerprint density at radius 3 is 2.92 bits per heavy atom. The van der Waals surface area contributed by atoms with Crippen LogP contribution in [-0.2, 0) is 19.3 Å². The molecule has 4 rings (SSSR count). The number of hydrogen-bond acceptors (Lipinski definition) is 4. The summed E-state index contributed by atoms with van der Waals surface area (Å²) in [5.74, 6) is 0.659. The number of amides is 1. The molecule has 1 aliphatic carbocycles. The number of aryl methyl sites for hydroxylation is 1. The molecule has 0 bridgehead atoms. The summed E-state index contributed by atoms with van der Waals surface area (Å²) >= 11 is 9.07. The van der Waals surface area contributed by atoms with E-state index in [0.29, 0.717) is 11.0 Å². The lowest BCUT2D eigenvalue weighted by molar-refractivity contribution is 0.103. The number of carbonyl (C=O) groups is 1. The molecule has 1 atom stereocenters. The zero-order valence-corrected chi connectivity index (χ0v) is 16.8. The van der Waals surface area contributed by atoms with Crippen molar-refractivity contribution in [2.75, 3.05) is 5.32 Å². The molecule has 2 aromatic heterocycles. The number of thiophene rings is 1. The van der Waals surface area contributed by atoms with E-state index in [1.165, 1.54) is 33.8 Å². The third-order valence-corrected chi connectivity index (χ3v) is 7.02. The molecule has 6 heteroatoms. The number of anilines is 1. The predicted octanol–water partition coefficient (Wildman–Crippen LogP) is 5.83. The second-order valence-corrected chi connectivity index (χ2v) is 9.48. The Labute approximate surface area is 166 Å². The van der Waals surface area contributed by atoms with Gasteiger partial charge in [0.05, 0.1) is 4.88 Å². The minimum absolute atomic E-state index is 0.0514. The highest BCUT2D eigenvalue weighted by atomic mass is 35.5. The van der Waals surface area contributed by atoms with Crippen LogP contribution in [-0.4, -0.2) is 10.9 Å². The highest BCUT2D eigenvalue weighted by Crippen LogP contribution is 2.32. The molecule has 134 valence electrons. The van der Waals surface area contributed by atoms with E-state index in [0.717, 1.165) is 34.0 Å². The molecule has 1 amide bonds. The SMILES string of the molecule is CC1CCc2sc(C(=O)Nc3ncc(Cc4ccc(Cl)cc4)s3)cc2C1. The molecule has 2 heterocycles. The number of aromatic nitrogens is 1. The van der Waals surface area contributed by atoms with Gasteiger partial charge in [0, 0.05) is 27.4 Å². The highest BCUT2D eigenvalue weighted by Gasteiger charge is 2.21. The summed E-state index contributed by atoms with van der Waals surface area (Å²) in [4.78, 5) is 20.2. The molecule has 0 aliphatic heterocycles. The van der Waals surface area contributed by atoms with Crippen molar-refractivity contribution < 1.29 is 4.79 Å². The van der Waals surface area contributed by atoms with Crippen LogP contribution in [0.1, 0.15) is 43.9 Å². The monoisotopic (exact) mass is 402 g/mol. The first kappa shape index (κ1) is 17.7. The van der Waals surface area contributed by atoms with E-state index in [4.69, 9.17) is 11.6 Å². The molecule has 1 unspecified atom stereocenters. The van der Waals surface area contributed by atoms with Crippen LogP contribution < -0.4 is 5.32 Å². The zero-order chi connectivity index (χ0) is 18.1. The lowest BCUT2D eigenvalue weighted by Gasteiger charge is -2.16. The summed E-state index contributed by atoms with van der Waals surface area (Å²) in [7, 11) is 0. The van der Waals surface area contributed by atoms with Crippen LogP contribution in [0.4, 0.5) is 5.13 Å². The summed E-state index contributed by atoms with van der Waals surface area (Å²) in [6.45, 7) is 2.28. The van der Waals surface area contributed by atoms with Gasteiger partial charge in [0.15, 0.2) is 5.13 Å². The molecule has 1 aromatic carbocycles. The Balaban J connectivity index is 1.42. The maximum atomic E-state index is 12.6. The second kappa shape index (κ2) is 7.51. The van der Waals surface area contributed by atoms with Gasteiger partial charge in [-0.15, -0.1) is 22.7 Å². The van der Waals surface area contributed by atoms with Crippen LogP contribution in [0.2, 0.25) is 5.02 Å². The predicted molar refractivity (Wildman–Crippen MR) is 110 cm³/mol. The number of nitrogens with zero attached hydrogens (tertiary/aromatic N) is 1. The molecule has 0 spiro atoms. The molecule has 1 aliphatic rings. The van der Waals surface area contributed by atoms with Gasteiger partial charge in [0.25, 0.3) is 5.91 Å². The van der Waals surface area contributed by atoms with Crippen LogP contribution in [0.15, 0.2) is 36.5 Å². The minimum Gasteiger partial charge on any atom is -0.297 e. The molecule has 26 heavy (non-hydrogen) atoms. The fourth-order valence-corrected chi connectivity index (χ4v) is 5.30. The van der Waals surface area contributed by atoms with E-state index in [-0.39, 0.29) is 5.91 Å².